The minimum absolute atomic E-state index is 0.206. The highest BCUT2D eigenvalue weighted by Gasteiger charge is 2.36. The summed E-state index contributed by atoms with van der Waals surface area (Å²) in [5.41, 5.74) is 1.85. The number of anilines is 1. The number of rotatable bonds is 9. The SMILES string of the molecule is COc1ccccc1NC(=O)N(CCN1CCOCC1)CC(=O)N1N=C(c2ccc(F)cc2)C[C@@H]1c1ccco1. The maximum absolute atomic E-state index is 13.8. The van der Waals surface area contributed by atoms with Gasteiger partial charge in [-0.25, -0.2) is 14.2 Å². The molecule has 2 aliphatic rings. The zero-order chi connectivity index (χ0) is 27.9. The lowest BCUT2D eigenvalue weighted by molar-refractivity contribution is -0.134. The first kappa shape index (κ1) is 27.4. The van der Waals surface area contributed by atoms with E-state index in [-0.39, 0.29) is 18.3 Å². The Balaban J connectivity index is 1.37. The molecule has 1 aromatic heterocycles. The molecule has 1 fully saturated rings. The van der Waals surface area contributed by atoms with Crippen molar-refractivity contribution in [2.45, 2.75) is 12.5 Å². The van der Waals surface area contributed by atoms with Crippen molar-refractivity contribution >= 4 is 23.3 Å². The topological polar surface area (TPSA) is 99.9 Å². The van der Waals surface area contributed by atoms with Crippen LogP contribution in [0, 0.1) is 5.82 Å². The number of para-hydroxylation sites is 2. The fourth-order valence-electron chi connectivity index (χ4n) is 4.78. The number of nitrogens with one attached hydrogen (secondary N) is 1. The molecule has 10 nitrogen and oxygen atoms in total. The highest BCUT2D eigenvalue weighted by atomic mass is 19.1. The minimum Gasteiger partial charge on any atom is -0.495 e. The summed E-state index contributed by atoms with van der Waals surface area (Å²) < 4.78 is 30.0. The Labute approximate surface area is 231 Å². The number of urea groups is 1. The van der Waals surface area contributed by atoms with E-state index in [9.17, 15) is 14.0 Å². The van der Waals surface area contributed by atoms with Gasteiger partial charge in [0.15, 0.2) is 0 Å². The van der Waals surface area contributed by atoms with Crippen LogP contribution in [0.5, 0.6) is 5.75 Å². The van der Waals surface area contributed by atoms with E-state index in [0.717, 1.165) is 13.1 Å². The van der Waals surface area contributed by atoms with Crippen LogP contribution in [0.15, 0.2) is 76.4 Å². The van der Waals surface area contributed by atoms with Gasteiger partial charge in [0.2, 0.25) is 0 Å². The number of carbonyl (C=O) groups is 2. The van der Waals surface area contributed by atoms with Gasteiger partial charge in [0, 0.05) is 32.6 Å². The largest absolute Gasteiger partial charge is 0.495 e. The average Bonchev–Trinajstić information content (AvgIpc) is 3.67. The molecule has 1 N–H and O–H groups in total. The second kappa shape index (κ2) is 12.8. The molecule has 210 valence electrons. The Bertz CT molecular complexity index is 1320. The Hall–Kier alpha value is -4.22. The number of hydrogen-bond donors (Lipinski definition) is 1. The lowest BCUT2D eigenvalue weighted by Gasteiger charge is -2.31. The average molecular weight is 550 g/mol. The molecule has 2 aromatic carbocycles. The fourth-order valence-corrected chi connectivity index (χ4v) is 4.78. The summed E-state index contributed by atoms with van der Waals surface area (Å²) in [5, 5.41) is 8.86. The van der Waals surface area contributed by atoms with E-state index in [4.69, 9.17) is 13.9 Å². The molecule has 0 spiro atoms. The number of morpholine rings is 1. The van der Waals surface area contributed by atoms with Crippen molar-refractivity contribution in [2.24, 2.45) is 5.10 Å². The lowest BCUT2D eigenvalue weighted by atomic mass is 10.0. The second-order valence-corrected chi connectivity index (χ2v) is 9.53. The predicted molar refractivity (Wildman–Crippen MR) is 147 cm³/mol. The normalized spacial score (nSPS) is 17.4. The molecule has 5 rings (SSSR count). The molecule has 0 unspecified atom stereocenters. The number of benzene rings is 2. The highest BCUT2D eigenvalue weighted by molar-refractivity contribution is 6.03. The summed E-state index contributed by atoms with van der Waals surface area (Å²) >= 11 is 0. The standard InChI is InChI=1S/C29H32FN5O5/c1-38-26-6-3-2-5-23(26)31-29(37)34(13-12-33-14-17-39-18-15-33)20-28(36)35-25(27-7-4-16-40-27)19-24(32-35)21-8-10-22(30)11-9-21/h2-11,16,25H,12-15,17-20H2,1H3,(H,31,37)/t25-/m1/s1. The molecule has 1 atom stereocenters. The summed E-state index contributed by atoms with van der Waals surface area (Å²) in [6.07, 6.45) is 1.94. The number of hydrogen-bond acceptors (Lipinski definition) is 7. The lowest BCUT2D eigenvalue weighted by Crippen LogP contribution is -2.47. The number of furan rings is 1. The van der Waals surface area contributed by atoms with Crippen molar-refractivity contribution in [3.05, 3.63) is 84.1 Å². The molecule has 3 amide bonds. The van der Waals surface area contributed by atoms with Gasteiger partial charge in [0.1, 0.15) is 29.9 Å². The molecule has 2 aliphatic heterocycles. The number of amides is 3. The van der Waals surface area contributed by atoms with Crippen molar-refractivity contribution in [1.82, 2.24) is 14.8 Å². The van der Waals surface area contributed by atoms with Crippen molar-refractivity contribution in [2.75, 3.05) is 58.4 Å². The first-order valence-electron chi connectivity index (χ1n) is 13.2. The predicted octanol–water partition coefficient (Wildman–Crippen LogP) is 3.97. The van der Waals surface area contributed by atoms with E-state index in [2.05, 4.69) is 15.3 Å². The van der Waals surface area contributed by atoms with Crippen LogP contribution in [-0.2, 0) is 9.53 Å². The van der Waals surface area contributed by atoms with E-state index < -0.39 is 12.1 Å². The maximum Gasteiger partial charge on any atom is 0.322 e. The molecule has 0 bridgehead atoms. The minimum atomic E-state index is -0.485. The number of hydrazone groups is 1. The first-order chi connectivity index (χ1) is 19.5. The van der Waals surface area contributed by atoms with E-state index in [0.29, 0.717) is 61.2 Å². The van der Waals surface area contributed by atoms with Crippen LogP contribution in [0.25, 0.3) is 0 Å². The van der Waals surface area contributed by atoms with Gasteiger partial charge in [0.05, 0.1) is 38.0 Å². The van der Waals surface area contributed by atoms with E-state index in [1.165, 1.54) is 29.2 Å². The summed E-state index contributed by atoms with van der Waals surface area (Å²) in [7, 11) is 1.53. The van der Waals surface area contributed by atoms with Crippen molar-refractivity contribution < 1.29 is 27.9 Å². The van der Waals surface area contributed by atoms with Crippen LogP contribution in [0.4, 0.5) is 14.9 Å². The summed E-state index contributed by atoms with van der Waals surface area (Å²) in [5.74, 6) is 0.374. The third kappa shape index (κ3) is 6.49. The van der Waals surface area contributed by atoms with Gasteiger partial charge in [-0.15, -0.1) is 0 Å². The molecule has 0 saturated carbocycles. The zero-order valence-corrected chi connectivity index (χ0v) is 22.3. The Morgan fingerprint density at radius 2 is 1.88 bits per heavy atom. The third-order valence-corrected chi connectivity index (χ3v) is 6.97. The zero-order valence-electron chi connectivity index (χ0n) is 22.3. The van der Waals surface area contributed by atoms with Crippen molar-refractivity contribution in [1.29, 1.82) is 0 Å². The van der Waals surface area contributed by atoms with Gasteiger partial charge in [-0.05, 0) is 42.0 Å². The Morgan fingerprint density at radius 1 is 1.10 bits per heavy atom. The van der Waals surface area contributed by atoms with Gasteiger partial charge in [0.25, 0.3) is 5.91 Å². The van der Waals surface area contributed by atoms with Crippen LogP contribution in [0.1, 0.15) is 23.8 Å². The quantitative estimate of drug-likeness (QED) is 0.434. The number of methoxy groups -OCH3 is 1. The van der Waals surface area contributed by atoms with Crippen LogP contribution >= 0.6 is 0 Å². The van der Waals surface area contributed by atoms with Crippen LogP contribution in [-0.4, -0.2) is 85.5 Å². The molecule has 3 aromatic rings. The van der Waals surface area contributed by atoms with Gasteiger partial charge < -0.3 is 24.1 Å². The van der Waals surface area contributed by atoms with Crippen LogP contribution < -0.4 is 10.1 Å². The number of nitrogens with zero attached hydrogens (tertiary/aromatic N) is 4. The van der Waals surface area contributed by atoms with Gasteiger partial charge in [-0.2, -0.15) is 5.10 Å². The molecule has 1 saturated heterocycles. The molecular weight excluding hydrogens is 517 g/mol. The van der Waals surface area contributed by atoms with E-state index in [1.54, 1.807) is 48.7 Å². The first-order valence-corrected chi connectivity index (χ1v) is 13.2. The summed E-state index contributed by atoms with van der Waals surface area (Å²) in [4.78, 5) is 30.9. The monoisotopic (exact) mass is 549 g/mol. The number of ether oxygens (including phenoxy) is 2. The molecule has 0 aliphatic carbocycles. The Kier molecular flexibility index (Phi) is 8.72. The summed E-state index contributed by atoms with van der Waals surface area (Å²) in [6.45, 7) is 3.48. The molecular formula is C29H32FN5O5. The highest BCUT2D eigenvalue weighted by Crippen LogP contribution is 2.33. The molecule has 3 heterocycles. The second-order valence-electron chi connectivity index (χ2n) is 9.53. The van der Waals surface area contributed by atoms with E-state index in [1.807, 2.05) is 6.07 Å². The van der Waals surface area contributed by atoms with E-state index >= 15 is 0 Å². The van der Waals surface area contributed by atoms with Gasteiger partial charge in [-0.1, -0.05) is 24.3 Å². The van der Waals surface area contributed by atoms with Crippen LogP contribution in [0.3, 0.4) is 0 Å². The molecule has 40 heavy (non-hydrogen) atoms. The number of halogens is 1. The van der Waals surface area contributed by atoms with Gasteiger partial charge in [-0.3, -0.25) is 9.69 Å². The van der Waals surface area contributed by atoms with Crippen molar-refractivity contribution in [3.63, 3.8) is 0 Å². The van der Waals surface area contributed by atoms with Gasteiger partial charge >= 0.3 is 6.03 Å². The van der Waals surface area contributed by atoms with Crippen molar-refractivity contribution in [3.8, 4) is 5.75 Å². The number of carbonyl (C=O) groups excluding carboxylic acids is 2. The third-order valence-electron chi connectivity index (χ3n) is 6.97. The summed E-state index contributed by atoms with van der Waals surface area (Å²) in [6, 6.07) is 15.7. The smallest absolute Gasteiger partial charge is 0.322 e. The molecule has 11 heteroatoms. The fraction of sp³-hybridized carbons (Fsp3) is 0.345. The Morgan fingerprint density at radius 3 is 2.60 bits per heavy atom. The van der Waals surface area contributed by atoms with Crippen LogP contribution in [0.2, 0.25) is 0 Å². The molecule has 0 radical (unpaired) electrons. The maximum atomic E-state index is 13.8.